The number of ketones is 1. The van der Waals surface area contributed by atoms with Crippen LogP contribution in [-0.2, 0) is 62.0 Å². The molecule has 0 unspecified atom stereocenters. The molecule has 1 N–H and O–H groups in total. The number of hydrogen-bond donors (Lipinski definition) is 1. The maximum Gasteiger partial charge on any atom is 0.335 e. The minimum absolute atomic E-state index is 0.0147. The van der Waals surface area contributed by atoms with E-state index in [1.54, 1.807) is 13.0 Å². The number of carbonyl (C=O) groups is 6. The second-order valence-corrected chi connectivity index (χ2v) is 15.0. The number of nitrogens with one attached hydrogen (secondary N) is 1. The summed E-state index contributed by atoms with van der Waals surface area (Å²) < 4.78 is 34.4. The molecule has 55 heavy (non-hydrogen) atoms. The number of epoxide rings is 1. The van der Waals surface area contributed by atoms with E-state index in [0.29, 0.717) is 50.6 Å². The highest BCUT2D eigenvalue weighted by Crippen LogP contribution is 2.43. The Balaban J connectivity index is 1.08. The molecule has 0 aromatic carbocycles. The van der Waals surface area contributed by atoms with Crippen molar-refractivity contribution in [1.82, 2.24) is 10.4 Å². The zero-order chi connectivity index (χ0) is 40.0. The monoisotopic (exact) mass is 774 g/mol. The Morgan fingerprint density at radius 2 is 1.67 bits per heavy atom. The molecule has 15 nitrogen and oxygen atoms in total. The maximum atomic E-state index is 12.8. The average molecular weight is 775 g/mol. The van der Waals surface area contributed by atoms with Gasteiger partial charge in [-0.05, 0) is 52.0 Å². The van der Waals surface area contributed by atoms with Gasteiger partial charge in [0.2, 0.25) is 5.91 Å². The van der Waals surface area contributed by atoms with E-state index >= 15 is 0 Å². The third-order valence-corrected chi connectivity index (χ3v) is 9.97. The minimum Gasteiger partial charge on any atom is -0.459 e. The number of amides is 3. The second kappa shape index (κ2) is 21.5. The number of hydrogen-bond acceptors (Lipinski definition) is 13. The molecule has 1 spiro atoms. The summed E-state index contributed by atoms with van der Waals surface area (Å²) in [6, 6.07) is -0.125. The summed E-state index contributed by atoms with van der Waals surface area (Å²) in [6.45, 7) is 10.8. The molecule has 4 aliphatic heterocycles. The van der Waals surface area contributed by atoms with Crippen molar-refractivity contribution in [3.63, 3.8) is 0 Å². The van der Waals surface area contributed by atoms with Crippen LogP contribution >= 0.6 is 0 Å². The molecule has 4 aliphatic rings. The van der Waals surface area contributed by atoms with E-state index in [1.807, 2.05) is 13.8 Å². The van der Waals surface area contributed by atoms with E-state index in [2.05, 4.69) is 30.5 Å². The number of hydroxylamine groups is 2. The zero-order valence-corrected chi connectivity index (χ0v) is 32.8. The zero-order valence-electron chi connectivity index (χ0n) is 32.8. The molecule has 0 aromatic heterocycles. The first-order valence-corrected chi connectivity index (χ1v) is 19.4. The van der Waals surface area contributed by atoms with Gasteiger partial charge in [0.05, 0.1) is 68.9 Å². The molecular weight excluding hydrogens is 716 g/mol. The molecule has 0 aliphatic carbocycles. The molecule has 15 heteroatoms. The van der Waals surface area contributed by atoms with Crippen LogP contribution in [0.25, 0.3) is 0 Å². The quantitative estimate of drug-likeness (QED) is 0.0444. The van der Waals surface area contributed by atoms with Gasteiger partial charge in [-0.3, -0.25) is 24.0 Å². The fourth-order valence-electron chi connectivity index (χ4n) is 6.89. The van der Waals surface area contributed by atoms with Crippen LogP contribution in [-0.4, -0.2) is 116 Å². The number of Topliss-reactive ketones (excluding diaryl/α,β-unsaturated/α-hetero) is 1. The van der Waals surface area contributed by atoms with Gasteiger partial charge in [-0.2, -0.15) is 0 Å². The Labute approximate surface area is 323 Å². The average Bonchev–Trinajstić information content (AvgIpc) is 3.79. The van der Waals surface area contributed by atoms with Crippen molar-refractivity contribution in [3.05, 3.63) is 36.0 Å². The standard InChI is InChI=1S/C40H58N2O13/c1-26(9-12-35-27(2)21-34(29(4)53-35)41-36(45)13-10-28(3)52-30(5)43)8-11-32-23-40(25-51-40)24-33(54-32)22-31(44)7-6-17-49-19-20-50-18-16-39(48)55-42-37(46)14-15-38(42)47/h8-11,13,27-29,32-35H,6-7,12,14-25H2,1-5H3,(H,41,45)/b11-8+,13-10-,26-9+/t27-,28-,29+,32+,33+,34+,35-,40+/m0/s1. The summed E-state index contributed by atoms with van der Waals surface area (Å²) in [5, 5.41) is 3.53. The number of ether oxygens (including phenoxy) is 6. The van der Waals surface area contributed by atoms with Gasteiger partial charge in [0.1, 0.15) is 11.9 Å². The van der Waals surface area contributed by atoms with Crippen molar-refractivity contribution in [3.8, 4) is 0 Å². The van der Waals surface area contributed by atoms with Gasteiger partial charge in [0.25, 0.3) is 11.8 Å². The van der Waals surface area contributed by atoms with Crippen LogP contribution < -0.4 is 5.32 Å². The summed E-state index contributed by atoms with van der Waals surface area (Å²) in [4.78, 5) is 75.9. The summed E-state index contributed by atoms with van der Waals surface area (Å²) in [5.41, 5.74) is 0.863. The highest BCUT2D eigenvalue weighted by molar-refractivity contribution is 6.01. The highest BCUT2D eigenvalue weighted by Gasteiger charge is 2.51. The Bertz CT molecular complexity index is 1440. The number of imide groups is 1. The van der Waals surface area contributed by atoms with E-state index in [4.69, 9.17) is 33.3 Å². The lowest BCUT2D eigenvalue weighted by Crippen LogP contribution is -2.50. The summed E-state index contributed by atoms with van der Waals surface area (Å²) in [5.74, 6) is -2.08. The van der Waals surface area contributed by atoms with E-state index in [0.717, 1.165) is 24.8 Å². The van der Waals surface area contributed by atoms with E-state index in [1.165, 1.54) is 13.0 Å². The normalized spacial score (nSPS) is 28.9. The second-order valence-electron chi connectivity index (χ2n) is 15.0. The van der Waals surface area contributed by atoms with Gasteiger partial charge in [0, 0.05) is 58.1 Å². The van der Waals surface area contributed by atoms with Crippen molar-refractivity contribution in [2.24, 2.45) is 5.92 Å². The van der Waals surface area contributed by atoms with Crippen LogP contribution in [0, 0.1) is 5.92 Å². The van der Waals surface area contributed by atoms with Gasteiger partial charge in [-0.15, -0.1) is 5.06 Å². The number of rotatable bonds is 21. The predicted molar refractivity (Wildman–Crippen MR) is 197 cm³/mol. The van der Waals surface area contributed by atoms with E-state index < -0.39 is 29.9 Å². The van der Waals surface area contributed by atoms with Crippen LogP contribution in [0.1, 0.15) is 98.8 Å². The molecule has 0 bridgehead atoms. The number of allylic oxidation sites excluding steroid dienone is 2. The van der Waals surface area contributed by atoms with Gasteiger partial charge < -0.3 is 38.6 Å². The Hall–Kier alpha value is -3.76. The first-order valence-electron chi connectivity index (χ1n) is 19.4. The Kier molecular flexibility index (Phi) is 17.2. The highest BCUT2D eigenvalue weighted by atomic mass is 16.7. The fourth-order valence-corrected chi connectivity index (χ4v) is 6.89. The van der Waals surface area contributed by atoms with Crippen molar-refractivity contribution >= 4 is 35.4 Å². The molecule has 4 heterocycles. The topological polar surface area (TPSA) is 186 Å². The van der Waals surface area contributed by atoms with Crippen molar-refractivity contribution < 1.29 is 62.0 Å². The van der Waals surface area contributed by atoms with Crippen LogP contribution in [0.15, 0.2) is 36.0 Å². The molecule has 4 saturated heterocycles. The number of nitrogens with zero attached hydrogens (tertiary/aromatic N) is 1. The van der Waals surface area contributed by atoms with Gasteiger partial charge in [0.15, 0.2) is 0 Å². The van der Waals surface area contributed by atoms with Gasteiger partial charge >= 0.3 is 11.9 Å². The summed E-state index contributed by atoms with van der Waals surface area (Å²) >= 11 is 0. The molecule has 0 saturated carbocycles. The molecule has 0 radical (unpaired) electrons. The molecule has 306 valence electrons. The lowest BCUT2D eigenvalue weighted by Gasteiger charge is -2.39. The molecule has 4 fully saturated rings. The largest absolute Gasteiger partial charge is 0.459 e. The lowest BCUT2D eigenvalue weighted by molar-refractivity contribution is -0.198. The molecular formula is C40H58N2O13. The molecule has 0 aromatic rings. The molecule has 4 rings (SSSR count). The van der Waals surface area contributed by atoms with E-state index in [9.17, 15) is 28.8 Å². The number of esters is 1. The predicted octanol–water partition coefficient (Wildman–Crippen LogP) is 3.77. The maximum absolute atomic E-state index is 12.8. The molecule has 3 amide bonds. The third-order valence-electron chi connectivity index (χ3n) is 9.97. The van der Waals surface area contributed by atoms with Crippen LogP contribution in [0.2, 0.25) is 0 Å². The van der Waals surface area contributed by atoms with E-state index in [-0.39, 0.29) is 86.1 Å². The first-order chi connectivity index (χ1) is 26.2. The Morgan fingerprint density at radius 3 is 2.36 bits per heavy atom. The Morgan fingerprint density at radius 1 is 0.964 bits per heavy atom. The van der Waals surface area contributed by atoms with Crippen LogP contribution in [0.3, 0.4) is 0 Å². The van der Waals surface area contributed by atoms with Crippen LogP contribution in [0.4, 0.5) is 0 Å². The lowest BCUT2D eigenvalue weighted by atomic mass is 9.88. The van der Waals surface area contributed by atoms with Gasteiger partial charge in [-0.25, -0.2) is 4.79 Å². The van der Waals surface area contributed by atoms with Gasteiger partial charge in [-0.1, -0.05) is 30.7 Å². The molecule has 8 atom stereocenters. The number of carbonyl (C=O) groups excluding carboxylic acids is 6. The minimum atomic E-state index is -0.717. The van der Waals surface area contributed by atoms with Crippen molar-refractivity contribution in [1.29, 1.82) is 0 Å². The van der Waals surface area contributed by atoms with Crippen LogP contribution in [0.5, 0.6) is 0 Å². The third kappa shape index (κ3) is 15.4. The first kappa shape index (κ1) is 44.0. The smallest absolute Gasteiger partial charge is 0.335 e. The van der Waals surface area contributed by atoms with Crippen molar-refractivity contribution in [2.45, 2.75) is 141 Å². The SMILES string of the molecule is CC(=O)O[C@@H](C)/C=C\C(=O)N[C@@H]1C[C@H](C)[C@H](C/C=C(C)/C=C/[C@@H]2C[C@]3(CO3)C[C@@H](CC(=O)CCCOCCOCCC(=O)ON3C(=O)CCC3=O)O2)O[C@@H]1C. The fraction of sp³-hybridized carbons (Fsp3) is 0.700. The van der Waals surface area contributed by atoms with Crippen molar-refractivity contribution in [2.75, 3.05) is 33.0 Å². The summed E-state index contributed by atoms with van der Waals surface area (Å²) in [7, 11) is 0. The summed E-state index contributed by atoms with van der Waals surface area (Å²) in [6.07, 6.45) is 12.4.